The lowest BCUT2D eigenvalue weighted by molar-refractivity contribution is 0.0946. The zero-order chi connectivity index (χ0) is 17.7. The average molecular weight is 325 g/mol. The van der Waals surface area contributed by atoms with Gasteiger partial charge in [-0.25, -0.2) is 0 Å². The highest BCUT2D eigenvalue weighted by molar-refractivity contribution is 5.95. The molecule has 2 aromatic rings. The first-order valence-corrected chi connectivity index (χ1v) is 8.37. The Kier molecular flexibility index (Phi) is 5.66. The molecule has 0 saturated carbocycles. The molecule has 0 bridgehead atoms. The van der Waals surface area contributed by atoms with Crippen LogP contribution in [0.15, 0.2) is 42.5 Å². The van der Waals surface area contributed by atoms with Crippen LogP contribution in [-0.2, 0) is 5.41 Å². The molecular formula is C21H27NO2. The molecule has 1 amide bonds. The Balaban J connectivity index is 1.92. The molecule has 0 aromatic heterocycles. The summed E-state index contributed by atoms with van der Waals surface area (Å²) < 4.78 is 5.89. The van der Waals surface area contributed by atoms with E-state index in [0.717, 1.165) is 22.4 Å². The number of hydrogen-bond acceptors (Lipinski definition) is 2. The van der Waals surface area contributed by atoms with Crippen molar-refractivity contribution in [3.8, 4) is 5.75 Å². The van der Waals surface area contributed by atoms with E-state index in [0.29, 0.717) is 13.2 Å². The molecule has 0 unspecified atom stereocenters. The third-order valence-electron chi connectivity index (χ3n) is 3.98. The second-order valence-corrected chi connectivity index (χ2v) is 7.17. The summed E-state index contributed by atoms with van der Waals surface area (Å²) in [4.78, 5) is 12.3. The van der Waals surface area contributed by atoms with Crippen LogP contribution in [0.2, 0.25) is 0 Å². The molecule has 0 saturated heterocycles. The van der Waals surface area contributed by atoms with Gasteiger partial charge in [0.05, 0.1) is 6.54 Å². The largest absolute Gasteiger partial charge is 0.491 e. The maximum absolute atomic E-state index is 12.3. The summed E-state index contributed by atoms with van der Waals surface area (Å²) >= 11 is 0. The van der Waals surface area contributed by atoms with Crippen LogP contribution in [-0.4, -0.2) is 19.1 Å². The van der Waals surface area contributed by atoms with Crippen molar-refractivity contribution in [2.24, 2.45) is 0 Å². The van der Waals surface area contributed by atoms with Gasteiger partial charge in [-0.1, -0.05) is 56.7 Å². The highest BCUT2D eigenvalue weighted by Crippen LogP contribution is 2.30. The highest BCUT2D eigenvalue weighted by Gasteiger charge is 2.18. The van der Waals surface area contributed by atoms with Crippen LogP contribution in [0.3, 0.4) is 0 Å². The minimum Gasteiger partial charge on any atom is -0.491 e. The van der Waals surface area contributed by atoms with Gasteiger partial charge in [0.2, 0.25) is 0 Å². The number of para-hydroxylation sites is 1. The third kappa shape index (κ3) is 4.60. The number of carbonyl (C=O) groups is 1. The van der Waals surface area contributed by atoms with Crippen LogP contribution < -0.4 is 10.1 Å². The van der Waals surface area contributed by atoms with Crippen LogP contribution in [0.4, 0.5) is 0 Å². The van der Waals surface area contributed by atoms with E-state index in [9.17, 15) is 4.79 Å². The minimum atomic E-state index is -0.0519. The summed E-state index contributed by atoms with van der Waals surface area (Å²) in [6, 6.07) is 14.0. The molecule has 0 aliphatic carbocycles. The van der Waals surface area contributed by atoms with Crippen LogP contribution in [0, 0.1) is 13.8 Å². The first-order valence-electron chi connectivity index (χ1n) is 8.37. The molecular weight excluding hydrogens is 298 g/mol. The predicted molar refractivity (Wildman–Crippen MR) is 98.9 cm³/mol. The van der Waals surface area contributed by atoms with Gasteiger partial charge in [-0.15, -0.1) is 0 Å². The van der Waals surface area contributed by atoms with Crippen molar-refractivity contribution in [2.45, 2.75) is 40.0 Å². The number of hydrogen-bond donors (Lipinski definition) is 1. The fourth-order valence-corrected chi connectivity index (χ4v) is 2.61. The summed E-state index contributed by atoms with van der Waals surface area (Å²) in [7, 11) is 0. The summed E-state index contributed by atoms with van der Waals surface area (Å²) in [5, 5.41) is 2.93. The molecule has 3 heteroatoms. The van der Waals surface area contributed by atoms with E-state index >= 15 is 0 Å². The summed E-state index contributed by atoms with van der Waals surface area (Å²) in [6.07, 6.45) is 0. The average Bonchev–Trinajstić information content (AvgIpc) is 2.53. The van der Waals surface area contributed by atoms with Gasteiger partial charge in [-0.3, -0.25) is 4.79 Å². The van der Waals surface area contributed by atoms with E-state index < -0.39 is 0 Å². The third-order valence-corrected chi connectivity index (χ3v) is 3.98. The lowest BCUT2D eigenvalue weighted by Crippen LogP contribution is -2.29. The van der Waals surface area contributed by atoms with Crippen molar-refractivity contribution in [2.75, 3.05) is 13.2 Å². The first kappa shape index (κ1) is 18.1. The van der Waals surface area contributed by atoms with Crippen molar-refractivity contribution in [3.63, 3.8) is 0 Å². The second kappa shape index (κ2) is 7.52. The number of nitrogens with one attached hydrogen (secondary N) is 1. The molecule has 0 atom stereocenters. The lowest BCUT2D eigenvalue weighted by atomic mass is 9.86. The van der Waals surface area contributed by atoms with Gasteiger partial charge in [0, 0.05) is 5.56 Å². The summed E-state index contributed by atoms with van der Waals surface area (Å²) in [5.41, 5.74) is 3.99. The molecule has 0 aliphatic rings. The zero-order valence-corrected chi connectivity index (χ0v) is 15.3. The number of carbonyl (C=O) groups excluding carboxylic acids is 1. The monoisotopic (exact) mass is 325 g/mol. The Labute approximate surface area is 145 Å². The predicted octanol–water partition coefficient (Wildman–Crippen LogP) is 4.41. The van der Waals surface area contributed by atoms with Crippen molar-refractivity contribution in [1.82, 2.24) is 5.32 Å². The van der Waals surface area contributed by atoms with Gasteiger partial charge < -0.3 is 10.1 Å². The van der Waals surface area contributed by atoms with Crippen LogP contribution >= 0.6 is 0 Å². The number of benzene rings is 2. The van der Waals surface area contributed by atoms with Crippen LogP contribution in [0.5, 0.6) is 5.75 Å². The van der Waals surface area contributed by atoms with Crippen molar-refractivity contribution < 1.29 is 9.53 Å². The number of amides is 1. The smallest absolute Gasteiger partial charge is 0.251 e. The van der Waals surface area contributed by atoms with Gasteiger partial charge in [-0.2, -0.15) is 0 Å². The van der Waals surface area contributed by atoms with Gasteiger partial charge in [-0.05, 0) is 42.5 Å². The number of ether oxygens (including phenoxy) is 1. The quantitative estimate of drug-likeness (QED) is 0.827. The maximum Gasteiger partial charge on any atom is 0.251 e. The first-order chi connectivity index (χ1) is 11.3. The molecule has 0 aliphatic heterocycles. The molecule has 0 radical (unpaired) electrons. The Morgan fingerprint density at radius 2 is 1.79 bits per heavy atom. The lowest BCUT2D eigenvalue weighted by Gasteiger charge is -2.22. The van der Waals surface area contributed by atoms with Gasteiger partial charge in [0.25, 0.3) is 5.91 Å². The van der Waals surface area contributed by atoms with Crippen molar-refractivity contribution in [3.05, 3.63) is 64.7 Å². The molecule has 2 rings (SSSR count). The van der Waals surface area contributed by atoms with E-state index in [-0.39, 0.29) is 11.3 Å². The molecule has 1 N–H and O–H groups in total. The normalized spacial score (nSPS) is 11.2. The summed E-state index contributed by atoms with van der Waals surface area (Å²) in [5.74, 6) is 0.829. The fourth-order valence-electron chi connectivity index (χ4n) is 2.61. The second-order valence-electron chi connectivity index (χ2n) is 7.17. The fraction of sp³-hybridized carbons (Fsp3) is 0.381. The van der Waals surface area contributed by atoms with E-state index in [1.807, 2.05) is 50.2 Å². The van der Waals surface area contributed by atoms with E-state index in [2.05, 4.69) is 32.2 Å². The molecule has 128 valence electrons. The maximum atomic E-state index is 12.3. The van der Waals surface area contributed by atoms with E-state index in [4.69, 9.17) is 4.74 Å². The van der Waals surface area contributed by atoms with Crippen LogP contribution in [0.1, 0.15) is 47.8 Å². The van der Waals surface area contributed by atoms with Gasteiger partial charge >= 0.3 is 0 Å². The SMILES string of the molecule is Cc1ccc(C)c(C(=O)NCCOc2ccccc2C(C)(C)C)c1. The molecule has 0 fully saturated rings. The molecule has 3 nitrogen and oxygen atoms in total. The van der Waals surface area contributed by atoms with Crippen molar-refractivity contribution >= 4 is 5.91 Å². The molecule has 0 spiro atoms. The molecule has 24 heavy (non-hydrogen) atoms. The van der Waals surface area contributed by atoms with Crippen LogP contribution in [0.25, 0.3) is 0 Å². The van der Waals surface area contributed by atoms with Crippen molar-refractivity contribution in [1.29, 1.82) is 0 Å². The Bertz CT molecular complexity index is 714. The number of rotatable bonds is 5. The highest BCUT2D eigenvalue weighted by atomic mass is 16.5. The van der Waals surface area contributed by atoms with E-state index in [1.54, 1.807) is 0 Å². The minimum absolute atomic E-state index is 0.0263. The Morgan fingerprint density at radius 1 is 1.08 bits per heavy atom. The Hall–Kier alpha value is -2.29. The van der Waals surface area contributed by atoms with Gasteiger partial charge in [0.15, 0.2) is 0 Å². The van der Waals surface area contributed by atoms with Gasteiger partial charge in [0.1, 0.15) is 12.4 Å². The molecule has 2 aromatic carbocycles. The molecule has 0 heterocycles. The number of aryl methyl sites for hydroxylation is 2. The standard InChI is InChI=1S/C21H27NO2/c1-15-10-11-16(2)17(14-15)20(23)22-12-13-24-19-9-7-6-8-18(19)21(3,4)5/h6-11,14H,12-13H2,1-5H3,(H,22,23). The Morgan fingerprint density at radius 3 is 2.50 bits per heavy atom. The topological polar surface area (TPSA) is 38.3 Å². The summed E-state index contributed by atoms with van der Waals surface area (Å²) in [6.45, 7) is 11.4. The van der Waals surface area contributed by atoms with E-state index in [1.165, 1.54) is 5.56 Å². The zero-order valence-electron chi connectivity index (χ0n) is 15.3.